The van der Waals surface area contributed by atoms with Crippen LogP contribution in [0.15, 0.2) is 34.4 Å². The number of alkyl halides is 1. The minimum atomic E-state index is -1.14. The van der Waals surface area contributed by atoms with Gasteiger partial charge in [-0.1, -0.05) is 17.7 Å². The molecule has 0 N–H and O–H groups in total. The summed E-state index contributed by atoms with van der Waals surface area (Å²) in [5, 5.41) is 6.65. The van der Waals surface area contributed by atoms with Crippen LogP contribution in [0.2, 0.25) is 0 Å². The van der Waals surface area contributed by atoms with Gasteiger partial charge in [-0.25, -0.2) is 4.39 Å². The number of halogens is 1. The highest BCUT2D eigenvalue weighted by Crippen LogP contribution is 2.25. The van der Waals surface area contributed by atoms with Gasteiger partial charge in [0.05, 0.1) is 11.1 Å². The third-order valence-corrected chi connectivity index (χ3v) is 4.41. The van der Waals surface area contributed by atoms with Crippen molar-refractivity contribution in [3.05, 3.63) is 56.1 Å². The second kappa shape index (κ2) is 5.46. The third-order valence-electron chi connectivity index (χ3n) is 3.50. The Morgan fingerprint density at radius 1 is 1.27 bits per heavy atom. The predicted molar refractivity (Wildman–Crippen MR) is 85.0 cm³/mol. The number of nitrogens with zero attached hydrogens (tertiary/aromatic N) is 2. The molecule has 2 heterocycles. The second-order valence-corrected chi connectivity index (χ2v) is 6.12. The molecule has 0 spiro atoms. The van der Waals surface area contributed by atoms with Crippen LogP contribution >= 0.6 is 11.3 Å². The maximum Gasteiger partial charge on any atom is 0.280 e. The molecule has 0 saturated carbocycles. The monoisotopic (exact) mass is 316 g/mol. The van der Waals surface area contributed by atoms with Crippen molar-refractivity contribution in [1.82, 2.24) is 9.78 Å². The Morgan fingerprint density at radius 3 is 2.59 bits per heavy atom. The van der Waals surface area contributed by atoms with Crippen LogP contribution in [-0.4, -0.2) is 22.2 Å². The Kier molecular flexibility index (Phi) is 3.62. The fourth-order valence-electron chi connectivity index (χ4n) is 2.33. The average Bonchev–Trinajstić information content (AvgIpc) is 2.91. The summed E-state index contributed by atoms with van der Waals surface area (Å²) in [6.07, 6.45) is 0. The molecule has 6 heteroatoms. The predicted octanol–water partition coefficient (Wildman–Crippen LogP) is 3.22. The standard InChI is InChI=1S/C16H13FN2O2S/c1-9-3-5-11(6-4-9)19-16(21)14-10(2)22-8-12(14)15(18-19)13(20)7-17/h3-6,8H,7H2,1-2H3. The summed E-state index contributed by atoms with van der Waals surface area (Å²) in [7, 11) is 0. The summed E-state index contributed by atoms with van der Waals surface area (Å²) in [6, 6.07) is 7.21. The van der Waals surface area contributed by atoms with Crippen molar-refractivity contribution in [3.8, 4) is 5.69 Å². The molecule has 3 rings (SSSR count). The van der Waals surface area contributed by atoms with Crippen molar-refractivity contribution >= 4 is 27.9 Å². The number of thiophene rings is 1. The third kappa shape index (κ3) is 2.25. The van der Waals surface area contributed by atoms with Crippen LogP contribution in [0, 0.1) is 13.8 Å². The van der Waals surface area contributed by atoms with E-state index in [1.54, 1.807) is 24.4 Å². The van der Waals surface area contributed by atoms with Gasteiger partial charge in [0.1, 0.15) is 5.69 Å². The highest BCUT2D eigenvalue weighted by Gasteiger charge is 2.19. The minimum absolute atomic E-state index is 0.00187. The Hall–Kier alpha value is -2.34. The summed E-state index contributed by atoms with van der Waals surface area (Å²) in [5.41, 5.74) is 1.30. The Morgan fingerprint density at radius 2 is 1.95 bits per heavy atom. The van der Waals surface area contributed by atoms with Crippen LogP contribution in [0.3, 0.4) is 0 Å². The van der Waals surface area contributed by atoms with E-state index >= 15 is 0 Å². The molecular formula is C16H13FN2O2S. The zero-order chi connectivity index (χ0) is 15.9. The van der Waals surface area contributed by atoms with Crippen molar-refractivity contribution in [2.45, 2.75) is 13.8 Å². The number of benzene rings is 1. The lowest BCUT2D eigenvalue weighted by molar-refractivity contribution is 0.0954. The summed E-state index contributed by atoms with van der Waals surface area (Å²) in [6.45, 7) is 2.60. The lowest BCUT2D eigenvalue weighted by atomic mass is 10.1. The van der Waals surface area contributed by atoms with Crippen molar-refractivity contribution in [2.75, 3.05) is 6.67 Å². The van der Waals surface area contributed by atoms with E-state index < -0.39 is 12.5 Å². The number of aromatic nitrogens is 2. The topological polar surface area (TPSA) is 52.0 Å². The van der Waals surface area contributed by atoms with Crippen LogP contribution in [-0.2, 0) is 0 Å². The summed E-state index contributed by atoms with van der Waals surface area (Å²) >= 11 is 1.35. The first kappa shape index (κ1) is 14.6. The van der Waals surface area contributed by atoms with E-state index in [-0.39, 0.29) is 11.3 Å². The van der Waals surface area contributed by atoms with Gasteiger partial charge in [-0.15, -0.1) is 11.3 Å². The van der Waals surface area contributed by atoms with Gasteiger partial charge in [-0.2, -0.15) is 9.78 Å². The van der Waals surface area contributed by atoms with E-state index in [1.165, 1.54) is 16.0 Å². The molecule has 2 aromatic heterocycles. The fraction of sp³-hybridized carbons (Fsp3) is 0.188. The maximum absolute atomic E-state index is 12.8. The quantitative estimate of drug-likeness (QED) is 0.697. The van der Waals surface area contributed by atoms with E-state index in [2.05, 4.69) is 5.10 Å². The van der Waals surface area contributed by atoms with Gasteiger partial charge >= 0.3 is 0 Å². The minimum Gasteiger partial charge on any atom is -0.289 e. The number of rotatable bonds is 3. The lowest BCUT2D eigenvalue weighted by Crippen LogP contribution is -2.24. The second-order valence-electron chi connectivity index (χ2n) is 5.04. The molecule has 4 nitrogen and oxygen atoms in total. The van der Waals surface area contributed by atoms with E-state index in [0.717, 1.165) is 10.4 Å². The largest absolute Gasteiger partial charge is 0.289 e. The number of hydrogen-bond acceptors (Lipinski definition) is 4. The van der Waals surface area contributed by atoms with E-state index in [9.17, 15) is 14.0 Å². The average molecular weight is 316 g/mol. The maximum atomic E-state index is 12.8. The first-order valence-corrected chi connectivity index (χ1v) is 7.58. The fourth-order valence-corrected chi connectivity index (χ4v) is 3.17. The molecule has 3 aromatic rings. The van der Waals surface area contributed by atoms with Gasteiger partial charge in [0, 0.05) is 15.6 Å². The molecule has 0 saturated heterocycles. The highest BCUT2D eigenvalue weighted by atomic mass is 32.1. The van der Waals surface area contributed by atoms with Crippen molar-refractivity contribution in [2.24, 2.45) is 0 Å². The zero-order valence-electron chi connectivity index (χ0n) is 12.1. The van der Waals surface area contributed by atoms with Gasteiger partial charge in [0.2, 0.25) is 5.78 Å². The normalized spacial score (nSPS) is 11.0. The number of ketones is 1. The Bertz CT molecular complexity index is 926. The molecule has 0 unspecified atom stereocenters. The Labute approximate surface area is 129 Å². The van der Waals surface area contributed by atoms with Crippen LogP contribution in [0.1, 0.15) is 20.9 Å². The number of fused-ring (bicyclic) bond motifs is 1. The molecule has 0 radical (unpaired) electrons. The zero-order valence-corrected chi connectivity index (χ0v) is 12.9. The number of hydrogen-bond donors (Lipinski definition) is 0. The van der Waals surface area contributed by atoms with Gasteiger partial charge in [0.25, 0.3) is 5.56 Å². The van der Waals surface area contributed by atoms with Gasteiger partial charge in [0.15, 0.2) is 6.67 Å². The summed E-state index contributed by atoms with van der Waals surface area (Å²) in [4.78, 5) is 25.3. The molecule has 0 atom stereocenters. The number of carbonyl (C=O) groups is 1. The van der Waals surface area contributed by atoms with Crippen molar-refractivity contribution < 1.29 is 9.18 Å². The summed E-state index contributed by atoms with van der Waals surface area (Å²) < 4.78 is 14.0. The molecule has 0 fully saturated rings. The molecule has 0 bridgehead atoms. The molecule has 0 aliphatic rings. The van der Waals surface area contributed by atoms with E-state index in [1.807, 2.05) is 19.1 Å². The molecule has 0 aliphatic heterocycles. The summed E-state index contributed by atoms with van der Waals surface area (Å²) in [5.74, 6) is -0.719. The molecule has 1 aromatic carbocycles. The smallest absolute Gasteiger partial charge is 0.280 e. The van der Waals surface area contributed by atoms with Crippen LogP contribution in [0.5, 0.6) is 0 Å². The van der Waals surface area contributed by atoms with Crippen molar-refractivity contribution in [3.63, 3.8) is 0 Å². The highest BCUT2D eigenvalue weighted by molar-refractivity contribution is 7.11. The molecule has 0 aliphatic carbocycles. The van der Waals surface area contributed by atoms with Gasteiger partial charge < -0.3 is 0 Å². The first-order chi connectivity index (χ1) is 10.5. The van der Waals surface area contributed by atoms with Crippen LogP contribution in [0.25, 0.3) is 16.5 Å². The van der Waals surface area contributed by atoms with E-state index in [4.69, 9.17) is 0 Å². The number of carbonyl (C=O) groups excluding carboxylic acids is 1. The number of aryl methyl sites for hydroxylation is 2. The van der Waals surface area contributed by atoms with Gasteiger partial charge in [-0.3, -0.25) is 9.59 Å². The molecule has 112 valence electrons. The molecular weight excluding hydrogens is 303 g/mol. The Balaban J connectivity index is 2.38. The van der Waals surface area contributed by atoms with Crippen LogP contribution < -0.4 is 5.56 Å². The van der Waals surface area contributed by atoms with E-state index in [0.29, 0.717) is 16.5 Å². The first-order valence-electron chi connectivity index (χ1n) is 6.70. The number of Topliss-reactive ketones (excluding diaryl/α,β-unsaturated/α-hetero) is 1. The van der Waals surface area contributed by atoms with Gasteiger partial charge in [-0.05, 0) is 26.0 Å². The molecule has 0 amide bonds. The SMILES string of the molecule is Cc1ccc(-n2nc(C(=O)CF)c3csc(C)c3c2=O)cc1. The molecule has 22 heavy (non-hydrogen) atoms. The van der Waals surface area contributed by atoms with Crippen LogP contribution in [0.4, 0.5) is 4.39 Å². The van der Waals surface area contributed by atoms with Crippen molar-refractivity contribution in [1.29, 1.82) is 0 Å². The lowest BCUT2D eigenvalue weighted by Gasteiger charge is -2.08.